The van der Waals surface area contributed by atoms with Crippen molar-refractivity contribution in [3.05, 3.63) is 0 Å². The maximum atomic E-state index is 12.8. The topological polar surface area (TPSA) is 78.9 Å². The fourth-order valence-corrected chi connectivity index (χ4v) is 8.70. The Labute approximate surface area is 393 Å². The van der Waals surface area contributed by atoms with Gasteiger partial charge < -0.3 is 14.2 Å². The van der Waals surface area contributed by atoms with Gasteiger partial charge in [0.05, 0.1) is 0 Å². The zero-order valence-corrected chi connectivity index (χ0v) is 43.2. The molecule has 0 aliphatic carbocycles. The van der Waals surface area contributed by atoms with Crippen LogP contribution in [-0.2, 0) is 28.6 Å². The van der Waals surface area contributed by atoms with Crippen molar-refractivity contribution in [3.63, 3.8) is 0 Å². The summed E-state index contributed by atoms with van der Waals surface area (Å²) in [6.07, 6.45) is 52.3. The lowest BCUT2D eigenvalue weighted by atomic mass is 10.0. The standard InChI is InChI=1S/C57H110O6/c1-6-7-8-9-10-11-12-13-14-18-21-27-32-37-42-47-55(58)61-50-54(51-62-56(59)48-43-38-33-28-24-23-26-31-36-41-46-53(4)5)63-57(60)49-44-39-34-29-22-19-16-15-17-20-25-30-35-40-45-52(2)3/h52-54H,6-51H2,1-5H3/t54-/m1/s1. The average molecular weight is 892 g/mol. The van der Waals surface area contributed by atoms with Gasteiger partial charge in [-0.25, -0.2) is 0 Å². The maximum Gasteiger partial charge on any atom is 0.306 e. The highest BCUT2D eigenvalue weighted by atomic mass is 16.6. The Hall–Kier alpha value is -1.59. The van der Waals surface area contributed by atoms with Crippen LogP contribution in [0.15, 0.2) is 0 Å². The second-order valence-corrected chi connectivity index (χ2v) is 20.5. The maximum absolute atomic E-state index is 12.8. The summed E-state index contributed by atoms with van der Waals surface area (Å²) in [4.78, 5) is 38.1. The van der Waals surface area contributed by atoms with Crippen molar-refractivity contribution < 1.29 is 28.6 Å². The van der Waals surface area contributed by atoms with E-state index in [9.17, 15) is 14.4 Å². The van der Waals surface area contributed by atoms with Crippen LogP contribution in [0, 0.1) is 11.8 Å². The molecular formula is C57H110O6. The Morgan fingerprint density at radius 2 is 0.524 bits per heavy atom. The van der Waals surface area contributed by atoms with Gasteiger partial charge in [0.15, 0.2) is 6.10 Å². The second kappa shape index (κ2) is 49.8. The number of hydrogen-bond donors (Lipinski definition) is 0. The third kappa shape index (κ3) is 51.3. The first-order chi connectivity index (χ1) is 30.7. The first-order valence-electron chi connectivity index (χ1n) is 28.2. The number of carbonyl (C=O) groups is 3. The van der Waals surface area contributed by atoms with Crippen LogP contribution in [0.4, 0.5) is 0 Å². The molecule has 0 N–H and O–H groups in total. The molecule has 0 saturated carbocycles. The van der Waals surface area contributed by atoms with E-state index < -0.39 is 6.10 Å². The summed E-state index contributed by atoms with van der Waals surface area (Å²) in [6, 6.07) is 0. The highest BCUT2D eigenvalue weighted by molar-refractivity contribution is 5.71. The van der Waals surface area contributed by atoms with Crippen LogP contribution < -0.4 is 0 Å². The van der Waals surface area contributed by atoms with Crippen molar-refractivity contribution in [2.24, 2.45) is 11.8 Å². The molecular weight excluding hydrogens is 781 g/mol. The number of hydrogen-bond acceptors (Lipinski definition) is 6. The summed E-state index contributed by atoms with van der Waals surface area (Å²) in [5.74, 6) is 0.821. The third-order valence-electron chi connectivity index (χ3n) is 13.0. The van der Waals surface area contributed by atoms with Gasteiger partial charge in [-0.3, -0.25) is 14.4 Å². The van der Waals surface area contributed by atoms with Crippen molar-refractivity contribution in [2.45, 2.75) is 323 Å². The van der Waals surface area contributed by atoms with Gasteiger partial charge in [0.2, 0.25) is 0 Å². The minimum atomic E-state index is -0.762. The monoisotopic (exact) mass is 891 g/mol. The molecule has 6 heteroatoms. The zero-order valence-electron chi connectivity index (χ0n) is 43.2. The number of unbranched alkanes of at least 4 members (excludes halogenated alkanes) is 36. The van der Waals surface area contributed by atoms with E-state index in [1.165, 1.54) is 205 Å². The molecule has 0 radical (unpaired) electrons. The van der Waals surface area contributed by atoms with Crippen molar-refractivity contribution in [1.82, 2.24) is 0 Å². The van der Waals surface area contributed by atoms with Gasteiger partial charge in [-0.1, -0.05) is 279 Å². The normalized spacial score (nSPS) is 12.0. The minimum absolute atomic E-state index is 0.0629. The lowest BCUT2D eigenvalue weighted by Crippen LogP contribution is -2.30. The predicted molar refractivity (Wildman–Crippen MR) is 270 cm³/mol. The molecule has 0 saturated heterocycles. The quantitative estimate of drug-likeness (QED) is 0.0344. The summed E-state index contributed by atoms with van der Waals surface area (Å²) in [5, 5.41) is 0. The third-order valence-corrected chi connectivity index (χ3v) is 13.0. The molecule has 1 atom stereocenters. The van der Waals surface area contributed by atoms with Crippen LogP contribution in [-0.4, -0.2) is 37.2 Å². The molecule has 0 aromatic carbocycles. The summed E-state index contributed by atoms with van der Waals surface area (Å²) in [7, 11) is 0. The van der Waals surface area contributed by atoms with Crippen molar-refractivity contribution in [1.29, 1.82) is 0 Å². The molecule has 0 rings (SSSR count). The summed E-state index contributed by atoms with van der Waals surface area (Å²) >= 11 is 0. The minimum Gasteiger partial charge on any atom is -0.462 e. The van der Waals surface area contributed by atoms with E-state index in [0.717, 1.165) is 69.6 Å². The highest BCUT2D eigenvalue weighted by Crippen LogP contribution is 2.18. The number of carbonyl (C=O) groups excluding carboxylic acids is 3. The van der Waals surface area contributed by atoms with E-state index in [1.54, 1.807) is 0 Å². The van der Waals surface area contributed by atoms with Gasteiger partial charge >= 0.3 is 17.9 Å². The molecule has 0 amide bonds. The molecule has 63 heavy (non-hydrogen) atoms. The Morgan fingerprint density at radius 3 is 0.778 bits per heavy atom. The summed E-state index contributed by atoms with van der Waals surface area (Å²) in [5.41, 5.74) is 0. The van der Waals surface area contributed by atoms with E-state index in [4.69, 9.17) is 14.2 Å². The van der Waals surface area contributed by atoms with Gasteiger partial charge in [-0.05, 0) is 31.1 Å². The van der Waals surface area contributed by atoms with E-state index in [2.05, 4.69) is 34.6 Å². The van der Waals surface area contributed by atoms with Gasteiger partial charge in [0.1, 0.15) is 13.2 Å². The first-order valence-corrected chi connectivity index (χ1v) is 28.2. The van der Waals surface area contributed by atoms with E-state index in [1.807, 2.05) is 0 Å². The molecule has 0 fully saturated rings. The molecule has 6 nitrogen and oxygen atoms in total. The smallest absolute Gasteiger partial charge is 0.306 e. The predicted octanol–water partition coefficient (Wildman–Crippen LogP) is 18.5. The van der Waals surface area contributed by atoms with Crippen LogP contribution in [0.1, 0.15) is 317 Å². The van der Waals surface area contributed by atoms with Crippen LogP contribution in [0.3, 0.4) is 0 Å². The highest BCUT2D eigenvalue weighted by Gasteiger charge is 2.19. The van der Waals surface area contributed by atoms with Crippen LogP contribution in [0.5, 0.6) is 0 Å². The largest absolute Gasteiger partial charge is 0.462 e. The van der Waals surface area contributed by atoms with Crippen LogP contribution >= 0.6 is 0 Å². The lowest BCUT2D eigenvalue weighted by Gasteiger charge is -2.18. The van der Waals surface area contributed by atoms with Crippen molar-refractivity contribution in [3.8, 4) is 0 Å². The fraction of sp³-hybridized carbons (Fsp3) is 0.947. The zero-order chi connectivity index (χ0) is 46.1. The molecule has 0 aliphatic rings. The number of esters is 3. The van der Waals surface area contributed by atoms with E-state index in [0.29, 0.717) is 19.3 Å². The van der Waals surface area contributed by atoms with Gasteiger partial charge in [0, 0.05) is 19.3 Å². The lowest BCUT2D eigenvalue weighted by molar-refractivity contribution is -0.167. The summed E-state index contributed by atoms with van der Waals surface area (Å²) in [6.45, 7) is 11.4. The van der Waals surface area contributed by atoms with E-state index >= 15 is 0 Å². The molecule has 0 aliphatic heterocycles. The van der Waals surface area contributed by atoms with Crippen molar-refractivity contribution in [2.75, 3.05) is 13.2 Å². The van der Waals surface area contributed by atoms with Crippen molar-refractivity contribution >= 4 is 17.9 Å². The average Bonchev–Trinajstić information content (AvgIpc) is 3.25. The number of rotatable bonds is 51. The van der Waals surface area contributed by atoms with E-state index in [-0.39, 0.29) is 31.1 Å². The second-order valence-electron chi connectivity index (χ2n) is 20.5. The fourth-order valence-electron chi connectivity index (χ4n) is 8.70. The van der Waals surface area contributed by atoms with Gasteiger partial charge in [-0.2, -0.15) is 0 Å². The number of ether oxygens (including phenoxy) is 3. The Kier molecular flexibility index (Phi) is 48.6. The molecule has 0 spiro atoms. The molecule has 0 aromatic rings. The Morgan fingerprint density at radius 1 is 0.302 bits per heavy atom. The van der Waals surface area contributed by atoms with Gasteiger partial charge in [0.25, 0.3) is 0 Å². The SMILES string of the molecule is CCCCCCCCCCCCCCCCCC(=O)OC[C@H](COC(=O)CCCCCCCCCCCCC(C)C)OC(=O)CCCCCCCCCCCCCCCCC(C)C. The molecule has 0 heterocycles. The molecule has 0 aromatic heterocycles. The van der Waals surface area contributed by atoms with Gasteiger partial charge in [-0.15, -0.1) is 0 Å². The Bertz CT molecular complexity index is 962. The van der Waals surface area contributed by atoms with Crippen LogP contribution in [0.25, 0.3) is 0 Å². The molecule has 0 bridgehead atoms. The Balaban J connectivity index is 4.30. The molecule has 374 valence electrons. The summed E-state index contributed by atoms with van der Waals surface area (Å²) < 4.78 is 16.9. The first kappa shape index (κ1) is 61.4. The molecule has 0 unspecified atom stereocenters. The van der Waals surface area contributed by atoms with Crippen LogP contribution in [0.2, 0.25) is 0 Å².